The van der Waals surface area contributed by atoms with Crippen LogP contribution in [0.25, 0.3) is 0 Å². The first-order valence-corrected chi connectivity index (χ1v) is 11.3. The maximum absolute atomic E-state index is 6.56. The first-order chi connectivity index (χ1) is 13.5. The van der Waals surface area contributed by atoms with Gasteiger partial charge in [-0.15, -0.1) is 0 Å². The Labute approximate surface area is 178 Å². The predicted octanol–water partition coefficient (Wildman–Crippen LogP) is 6.04. The molecule has 1 aromatic rings. The molecule has 2 fully saturated rings. The van der Waals surface area contributed by atoms with Crippen molar-refractivity contribution in [1.82, 2.24) is 4.90 Å². The highest BCUT2D eigenvalue weighted by Crippen LogP contribution is 2.46. The number of anilines is 1. The van der Waals surface area contributed by atoms with Gasteiger partial charge in [0.05, 0.1) is 23.2 Å². The van der Waals surface area contributed by atoms with Crippen molar-refractivity contribution in [2.45, 2.75) is 65.1 Å². The smallest absolute Gasteiger partial charge is 0.133 e. The number of halogens is 2. The molecular weight excluding hydrogens is 391 g/mol. The van der Waals surface area contributed by atoms with E-state index in [1.165, 1.54) is 31.5 Å². The van der Waals surface area contributed by atoms with Crippen molar-refractivity contribution in [2.24, 2.45) is 21.8 Å². The third-order valence-corrected chi connectivity index (χ3v) is 6.71. The monoisotopic (exact) mass is 419 g/mol. The van der Waals surface area contributed by atoms with Crippen molar-refractivity contribution in [3.63, 3.8) is 0 Å². The van der Waals surface area contributed by atoms with E-state index >= 15 is 0 Å². The third-order valence-electron chi connectivity index (χ3n) is 6.17. The van der Waals surface area contributed by atoms with Gasteiger partial charge in [-0.1, -0.05) is 49.9 Å². The topological polar surface area (TPSA) is 31.2 Å². The maximum atomic E-state index is 6.56. The van der Waals surface area contributed by atoms with Gasteiger partial charge in [-0.2, -0.15) is 0 Å². The molecule has 151 valence electrons. The Morgan fingerprint density at radius 3 is 2.61 bits per heavy atom. The zero-order valence-corrected chi connectivity index (χ0v) is 18.4. The van der Waals surface area contributed by atoms with Gasteiger partial charge < -0.3 is 9.80 Å². The van der Waals surface area contributed by atoms with E-state index in [1.54, 1.807) is 0 Å². The van der Waals surface area contributed by atoms with Gasteiger partial charge in [-0.3, -0.25) is 0 Å². The lowest BCUT2D eigenvalue weighted by Gasteiger charge is -2.43. The van der Waals surface area contributed by atoms with E-state index in [-0.39, 0.29) is 6.17 Å². The first-order valence-electron chi connectivity index (χ1n) is 10.5. The Morgan fingerprint density at radius 2 is 1.93 bits per heavy atom. The molecule has 0 aliphatic carbocycles. The molecule has 2 saturated heterocycles. The largest absolute Gasteiger partial charge is 0.351 e. The van der Waals surface area contributed by atoms with E-state index in [1.807, 2.05) is 25.1 Å². The molecule has 0 bridgehead atoms. The highest BCUT2D eigenvalue weighted by atomic mass is 35.5. The summed E-state index contributed by atoms with van der Waals surface area (Å²) in [5, 5.41) is 1.35. The minimum absolute atomic E-state index is 0.0510. The Morgan fingerprint density at radius 1 is 1.18 bits per heavy atom. The van der Waals surface area contributed by atoms with E-state index in [4.69, 9.17) is 33.2 Å². The molecule has 4 rings (SSSR count). The number of amidine groups is 2. The number of hydrogen-bond acceptors (Lipinski definition) is 4. The Kier molecular flexibility index (Phi) is 5.89. The molecule has 28 heavy (non-hydrogen) atoms. The molecule has 0 N–H and O–H groups in total. The van der Waals surface area contributed by atoms with Crippen LogP contribution in [0, 0.1) is 18.4 Å². The fourth-order valence-electron chi connectivity index (χ4n) is 5.01. The van der Waals surface area contributed by atoms with Crippen molar-refractivity contribution < 1.29 is 0 Å². The SMILES string of the molecule is CCCC(CCC)N1[CH][C@@H]2CCN(c3ccc(Cl)cc3Cl)C3N=C(C)N=C1C32. The predicted molar refractivity (Wildman–Crippen MR) is 119 cm³/mol. The zero-order chi connectivity index (χ0) is 19.8. The van der Waals surface area contributed by atoms with Crippen molar-refractivity contribution >= 4 is 40.6 Å². The lowest BCUT2D eigenvalue weighted by atomic mass is 9.84. The van der Waals surface area contributed by atoms with Gasteiger partial charge in [-0.25, -0.2) is 9.98 Å². The number of nitrogens with zero attached hydrogens (tertiary/aromatic N) is 4. The highest BCUT2D eigenvalue weighted by molar-refractivity contribution is 6.36. The Bertz CT molecular complexity index is 785. The Balaban J connectivity index is 1.67. The quantitative estimate of drug-likeness (QED) is 0.562. The summed E-state index contributed by atoms with van der Waals surface area (Å²) < 4.78 is 0. The fraction of sp³-hybridized carbons (Fsp3) is 0.591. The second kappa shape index (κ2) is 8.23. The molecule has 3 aliphatic heterocycles. The van der Waals surface area contributed by atoms with Crippen LogP contribution in [-0.4, -0.2) is 35.3 Å². The van der Waals surface area contributed by atoms with Gasteiger partial charge in [0, 0.05) is 17.6 Å². The first kappa shape index (κ1) is 20.0. The van der Waals surface area contributed by atoms with Gasteiger partial charge in [0.15, 0.2) is 0 Å². The summed E-state index contributed by atoms with van der Waals surface area (Å²) in [6.07, 6.45) is 5.94. The van der Waals surface area contributed by atoms with Crippen molar-refractivity contribution in [3.05, 3.63) is 34.8 Å². The molecule has 0 saturated carbocycles. The molecule has 3 heterocycles. The maximum Gasteiger partial charge on any atom is 0.133 e. The summed E-state index contributed by atoms with van der Waals surface area (Å²) in [6.45, 7) is 9.96. The number of hydrogen-bond donors (Lipinski definition) is 0. The van der Waals surface area contributed by atoms with Gasteiger partial charge >= 0.3 is 0 Å². The zero-order valence-electron chi connectivity index (χ0n) is 16.9. The molecule has 3 atom stereocenters. The second-order valence-corrected chi connectivity index (χ2v) is 8.96. The van der Waals surface area contributed by atoms with Crippen LogP contribution in [-0.2, 0) is 0 Å². The average molecular weight is 420 g/mol. The van der Waals surface area contributed by atoms with E-state index < -0.39 is 0 Å². The lowest BCUT2D eigenvalue weighted by molar-refractivity contribution is 0.301. The van der Waals surface area contributed by atoms with Crippen LogP contribution >= 0.6 is 23.2 Å². The molecule has 0 spiro atoms. The standard InChI is InChI=1S/C22H29Cl2N4/c1-4-6-17(7-5-2)28-13-15-10-11-27(19-9-8-16(23)12-18(19)24)21-20(15)22(28)26-14(3)25-21/h8-9,12-13,15,17,20-21H,4-7,10-11H2,1-3H3/t15-,20?,21?/m0/s1. The normalized spacial score (nSPS) is 26.4. The van der Waals surface area contributed by atoms with Crippen LogP contribution in [0.15, 0.2) is 28.2 Å². The minimum Gasteiger partial charge on any atom is -0.351 e. The van der Waals surface area contributed by atoms with Crippen LogP contribution in [0.1, 0.15) is 52.9 Å². The van der Waals surface area contributed by atoms with Crippen LogP contribution in [0.3, 0.4) is 0 Å². The summed E-state index contributed by atoms with van der Waals surface area (Å²) in [6, 6.07) is 6.30. The molecule has 6 heteroatoms. The summed E-state index contributed by atoms with van der Waals surface area (Å²) in [4.78, 5) is 14.8. The number of piperidine rings is 1. The number of likely N-dealkylation sites (tertiary alicyclic amines) is 1. The fourth-order valence-corrected chi connectivity index (χ4v) is 5.52. The number of aliphatic imine (C=N–C) groups is 2. The van der Waals surface area contributed by atoms with Gasteiger partial charge in [0.25, 0.3) is 0 Å². The molecule has 4 nitrogen and oxygen atoms in total. The highest BCUT2D eigenvalue weighted by Gasteiger charge is 2.51. The van der Waals surface area contributed by atoms with Crippen molar-refractivity contribution in [2.75, 3.05) is 11.4 Å². The molecule has 0 amide bonds. The molecule has 0 aromatic heterocycles. The summed E-state index contributed by atoms with van der Waals surface area (Å²) >= 11 is 12.7. The van der Waals surface area contributed by atoms with E-state index in [0.29, 0.717) is 27.9 Å². The molecule has 3 aliphatic rings. The lowest BCUT2D eigenvalue weighted by Crippen LogP contribution is -2.52. The second-order valence-electron chi connectivity index (χ2n) is 8.11. The molecule has 2 unspecified atom stereocenters. The van der Waals surface area contributed by atoms with Crippen LogP contribution < -0.4 is 4.90 Å². The number of rotatable bonds is 6. The third kappa shape index (κ3) is 3.54. The molecule has 1 aromatic carbocycles. The van der Waals surface area contributed by atoms with E-state index in [9.17, 15) is 0 Å². The van der Waals surface area contributed by atoms with Gasteiger partial charge in [-0.05, 0) is 50.3 Å². The van der Waals surface area contributed by atoms with Crippen LogP contribution in [0.2, 0.25) is 10.0 Å². The van der Waals surface area contributed by atoms with Gasteiger partial charge in [0.2, 0.25) is 0 Å². The minimum atomic E-state index is 0.0510. The Hall–Kier alpha value is -1.26. The van der Waals surface area contributed by atoms with E-state index in [0.717, 1.165) is 24.5 Å². The summed E-state index contributed by atoms with van der Waals surface area (Å²) in [7, 11) is 0. The average Bonchev–Trinajstić information content (AvgIpc) is 3.02. The molecule has 1 radical (unpaired) electrons. The molecular formula is C22H29Cl2N4. The van der Waals surface area contributed by atoms with E-state index in [2.05, 4.69) is 30.2 Å². The van der Waals surface area contributed by atoms with Crippen LogP contribution in [0.5, 0.6) is 0 Å². The number of benzene rings is 1. The van der Waals surface area contributed by atoms with Crippen molar-refractivity contribution in [3.8, 4) is 0 Å². The summed E-state index contributed by atoms with van der Waals surface area (Å²) in [5.74, 6) is 2.88. The van der Waals surface area contributed by atoms with Crippen molar-refractivity contribution in [1.29, 1.82) is 0 Å². The van der Waals surface area contributed by atoms with Crippen LogP contribution in [0.4, 0.5) is 5.69 Å². The van der Waals surface area contributed by atoms with Gasteiger partial charge in [0.1, 0.15) is 17.8 Å². The summed E-state index contributed by atoms with van der Waals surface area (Å²) in [5.41, 5.74) is 1.02.